The zero-order valence-electron chi connectivity index (χ0n) is 18.5. The van der Waals surface area contributed by atoms with Gasteiger partial charge in [-0.15, -0.1) is 10.2 Å². The first-order valence-electron chi connectivity index (χ1n) is 10.8. The van der Waals surface area contributed by atoms with Crippen LogP contribution < -0.4 is 9.64 Å². The molecule has 1 saturated heterocycles. The molecular weight excluding hydrogens is 441 g/mol. The largest absolute Gasteiger partial charge is 0.497 e. The minimum absolute atomic E-state index is 0.0736. The molecule has 9 heteroatoms. The molecule has 33 heavy (non-hydrogen) atoms. The average Bonchev–Trinajstić information content (AvgIpc) is 3.25. The molecule has 1 amide bonds. The number of methoxy groups -OCH3 is 1. The van der Waals surface area contributed by atoms with Crippen LogP contribution in [0.25, 0.3) is 16.6 Å². The van der Waals surface area contributed by atoms with E-state index in [4.69, 9.17) is 4.74 Å². The summed E-state index contributed by atoms with van der Waals surface area (Å²) in [7, 11) is 1.64. The molecule has 0 unspecified atom stereocenters. The highest BCUT2D eigenvalue weighted by Gasteiger charge is 2.22. The normalized spacial score (nSPS) is 14.3. The number of aryl methyl sites for hydroxylation is 1. The Morgan fingerprint density at radius 3 is 2.55 bits per heavy atom. The number of carbonyl (C=O) groups excluding carboxylic acids is 1. The van der Waals surface area contributed by atoms with Crippen LogP contribution in [0.4, 0.5) is 10.1 Å². The van der Waals surface area contributed by atoms with Gasteiger partial charge in [-0.05, 0) is 55.0 Å². The van der Waals surface area contributed by atoms with Gasteiger partial charge in [0, 0.05) is 43.3 Å². The number of thioether (sulfide) groups is 1. The molecule has 1 aliphatic rings. The molecule has 0 aliphatic carbocycles. The molecule has 4 aromatic rings. The van der Waals surface area contributed by atoms with E-state index in [-0.39, 0.29) is 17.5 Å². The van der Waals surface area contributed by atoms with E-state index < -0.39 is 0 Å². The fraction of sp³-hybridized carbons (Fsp3) is 0.292. The lowest BCUT2D eigenvalue weighted by Gasteiger charge is -2.36. The molecule has 3 heterocycles. The Labute approximate surface area is 195 Å². The molecule has 0 spiro atoms. The summed E-state index contributed by atoms with van der Waals surface area (Å²) in [4.78, 5) is 16.9. The molecule has 0 N–H and O–H groups in total. The molecule has 0 saturated carbocycles. The van der Waals surface area contributed by atoms with Crippen molar-refractivity contribution in [2.45, 2.75) is 12.1 Å². The van der Waals surface area contributed by atoms with Gasteiger partial charge in [-0.1, -0.05) is 11.8 Å². The van der Waals surface area contributed by atoms with Crippen LogP contribution in [0.5, 0.6) is 5.75 Å². The van der Waals surface area contributed by atoms with E-state index in [1.165, 1.54) is 23.9 Å². The minimum Gasteiger partial charge on any atom is -0.497 e. The maximum Gasteiger partial charge on any atom is 0.233 e. The van der Waals surface area contributed by atoms with Crippen LogP contribution >= 0.6 is 11.8 Å². The Kier molecular flexibility index (Phi) is 5.80. The summed E-state index contributed by atoms with van der Waals surface area (Å²) in [5.74, 6) is 0.877. The number of pyridine rings is 1. The number of nitrogens with zero attached hydrogens (tertiary/aromatic N) is 5. The second kappa shape index (κ2) is 8.90. The molecule has 1 aliphatic heterocycles. The van der Waals surface area contributed by atoms with Crippen LogP contribution in [-0.4, -0.2) is 64.4 Å². The monoisotopic (exact) mass is 465 g/mol. The maximum absolute atomic E-state index is 13.2. The van der Waals surface area contributed by atoms with Gasteiger partial charge in [-0.25, -0.2) is 4.39 Å². The third kappa shape index (κ3) is 4.20. The minimum atomic E-state index is -0.244. The van der Waals surface area contributed by atoms with Crippen molar-refractivity contribution in [3.8, 4) is 5.75 Å². The second-order valence-corrected chi connectivity index (χ2v) is 8.96. The van der Waals surface area contributed by atoms with Gasteiger partial charge in [0.2, 0.25) is 5.91 Å². The Balaban J connectivity index is 1.28. The van der Waals surface area contributed by atoms with Crippen molar-refractivity contribution in [2.24, 2.45) is 0 Å². The molecular formula is C24H24FN5O2S. The fourth-order valence-electron chi connectivity index (χ4n) is 4.21. The first-order chi connectivity index (χ1) is 16.0. The van der Waals surface area contributed by atoms with Crippen molar-refractivity contribution in [2.75, 3.05) is 43.9 Å². The number of halogens is 1. The number of aromatic nitrogens is 3. The van der Waals surface area contributed by atoms with Crippen LogP contribution in [0, 0.1) is 12.7 Å². The zero-order chi connectivity index (χ0) is 22.9. The molecule has 7 nitrogen and oxygen atoms in total. The van der Waals surface area contributed by atoms with E-state index in [1.807, 2.05) is 40.5 Å². The summed E-state index contributed by atoms with van der Waals surface area (Å²) >= 11 is 1.39. The fourth-order valence-corrected chi connectivity index (χ4v) is 5.06. The van der Waals surface area contributed by atoms with Crippen molar-refractivity contribution in [3.05, 3.63) is 59.9 Å². The lowest BCUT2D eigenvalue weighted by Crippen LogP contribution is -2.49. The van der Waals surface area contributed by atoms with Crippen LogP contribution in [0.2, 0.25) is 0 Å². The Morgan fingerprint density at radius 1 is 1.06 bits per heavy atom. The number of rotatable bonds is 5. The third-order valence-electron chi connectivity index (χ3n) is 6.02. The van der Waals surface area contributed by atoms with Gasteiger partial charge < -0.3 is 14.5 Å². The first kappa shape index (κ1) is 21.5. The number of carbonyl (C=O) groups is 1. The summed E-state index contributed by atoms with van der Waals surface area (Å²) in [6.45, 7) is 4.76. The molecule has 2 aromatic carbocycles. The summed E-state index contributed by atoms with van der Waals surface area (Å²) in [5, 5.41) is 10.4. The molecule has 2 aromatic heterocycles. The number of piperazine rings is 1. The number of fused-ring (bicyclic) bond motifs is 3. The number of hydrogen-bond donors (Lipinski definition) is 0. The van der Waals surface area contributed by atoms with Crippen LogP contribution in [0.3, 0.4) is 0 Å². The van der Waals surface area contributed by atoms with Crippen molar-refractivity contribution >= 4 is 39.9 Å². The van der Waals surface area contributed by atoms with E-state index in [0.717, 1.165) is 46.6 Å². The molecule has 5 rings (SSSR count). The first-order valence-corrected chi connectivity index (χ1v) is 11.8. The highest BCUT2D eigenvalue weighted by molar-refractivity contribution is 7.99. The van der Waals surface area contributed by atoms with Gasteiger partial charge in [0.25, 0.3) is 0 Å². The predicted molar refractivity (Wildman–Crippen MR) is 128 cm³/mol. The topological polar surface area (TPSA) is 63.0 Å². The quantitative estimate of drug-likeness (QED) is 0.418. The van der Waals surface area contributed by atoms with Crippen LogP contribution in [0.1, 0.15) is 5.56 Å². The van der Waals surface area contributed by atoms with Crippen molar-refractivity contribution in [3.63, 3.8) is 0 Å². The lowest BCUT2D eigenvalue weighted by molar-refractivity contribution is -0.128. The molecule has 1 fully saturated rings. The highest BCUT2D eigenvalue weighted by Crippen LogP contribution is 2.29. The Morgan fingerprint density at radius 2 is 1.82 bits per heavy atom. The Hall–Kier alpha value is -3.33. The highest BCUT2D eigenvalue weighted by atomic mass is 32.2. The number of ether oxygens (including phenoxy) is 1. The summed E-state index contributed by atoms with van der Waals surface area (Å²) in [6.07, 6.45) is 0. The average molecular weight is 466 g/mol. The summed E-state index contributed by atoms with van der Waals surface area (Å²) < 4.78 is 20.6. The number of benzene rings is 2. The molecule has 0 radical (unpaired) electrons. The number of anilines is 1. The zero-order valence-corrected chi connectivity index (χ0v) is 19.3. The predicted octanol–water partition coefficient (Wildman–Crippen LogP) is 3.78. The second-order valence-electron chi connectivity index (χ2n) is 8.02. The van der Waals surface area contributed by atoms with Gasteiger partial charge in [0.1, 0.15) is 11.6 Å². The van der Waals surface area contributed by atoms with Crippen molar-refractivity contribution < 1.29 is 13.9 Å². The van der Waals surface area contributed by atoms with Gasteiger partial charge in [0.15, 0.2) is 10.8 Å². The smallest absolute Gasteiger partial charge is 0.233 e. The van der Waals surface area contributed by atoms with Crippen molar-refractivity contribution in [1.82, 2.24) is 19.5 Å². The summed E-state index contributed by atoms with van der Waals surface area (Å²) in [6, 6.07) is 14.4. The van der Waals surface area contributed by atoms with Gasteiger partial charge >= 0.3 is 0 Å². The number of hydrogen-bond acceptors (Lipinski definition) is 6. The van der Waals surface area contributed by atoms with Crippen LogP contribution in [0.15, 0.2) is 53.7 Å². The standard InChI is InChI=1S/C24H24FN5O2S/c1-16-13-22-26-27-24(30(22)21-14-19(32-2)7-8-20(16)21)33-15-23(31)29-11-9-28(10-12-29)18-5-3-17(25)4-6-18/h3-8,13-14H,9-12,15H2,1-2H3. The third-order valence-corrected chi connectivity index (χ3v) is 6.94. The van der Waals surface area contributed by atoms with E-state index in [0.29, 0.717) is 18.2 Å². The molecule has 0 bridgehead atoms. The van der Waals surface area contributed by atoms with E-state index in [1.54, 1.807) is 19.2 Å². The van der Waals surface area contributed by atoms with E-state index >= 15 is 0 Å². The van der Waals surface area contributed by atoms with Gasteiger partial charge in [-0.2, -0.15) is 0 Å². The SMILES string of the molecule is COc1ccc2c(C)cc3nnc(SCC(=O)N4CCN(c5ccc(F)cc5)CC4)n3c2c1. The molecule has 0 atom stereocenters. The van der Waals surface area contributed by atoms with Gasteiger partial charge in [0.05, 0.1) is 18.4 Å². The summed E-state index contributed by atoms with van der Waals surface area (Å²) in [5.41, 5.74) is 3.79. The maximum atomic E-state index is 13.2. The van der Waals surface area contributed by atoms with Gasteiger partial charge in [-0.3, -0.25) is 9.20 Å². The lowest BCUT2D eigenvalue weighted by atomic mass is 10.1. The number of amides is 1. The van der Waals surface area contributed by atoms with E-state index in [2.05, 4.69) is 15.1 Å². The van der Waals surface area contributed by atoms with E-state index in [9.17, 15) is 9.18 Å². The van der Waals surface area contributed by atoms with Crippen molar-refractivity contribution in [1.29, 1.82) is 0 Å². The molecule has 170 valence electrons. The Bertz CT molecular complexity index is 1320. The van der Waals surface area contributed by atoms with Crippen LogP contribution in [-0.2, 0) is 4.79 Å².